The van der Waals surface area contributed by atoms with Crippen molar-refractivity contribution in [2.45, 2.75) is 39.7 Å². The lowest BCUT2D eigenvalue weighted by Crippen LogP contribution is -2.11. The average Bonchev–Trinajstić information content (AvgIpc) is 2.27. The van der Waals surface area contributed by atoms with Crippen LogP contribution in [-0.2, 0) is 6.42 Å². The summed E-state index contributed by atoms with van der Waals surface area (Å²) in [6.45, 7) is 7.04. The lowest BCUT2D eigenvalue weighted by Gasteiger charge is -2.11. The first-order valence-corrected chi connectivity index (χ1v) is 6.07. The fourth-order valence-corrected chi connectivity index (χ4v) is 1.54. The molecule has 0 saturated carbocycles. The summed E-state index contributed by atoms with van der Waals surface area (Å²) in [5, 5.41) is 0. The molecule has 1 aromatic carbocycles. The number of ether oxygens (including phenoxy) is 1. The van der Waals surface area contributed by atoms with Gasteiger partial charge in [-0.2, -0.15) is 0 Å². The van der Waals surface area contributed by atoms with Crippen molar-refractivity contribution >= 4 is 0 Å². The zero-order valence-electron chi connectivity index (χ0n) is 10.6. The Bertz CT molecular complexity index is 292. The summed E-state index contributed by atoms with van der Waals surface area (Å²) in [5.41, 5.74) is 6.95. The van der Waals surface area contributed by atoms with Gasteiger partial charge in [-0.3, -0.25) is 0 Å². The highest BCUT2D eigenvalue weighted by molar-refractivity contribution is 5.27. The molecule has 16 heavy (non-hydrogen) atoms. The van der Waals surface area contributed by atoms with Crippen LogP contribution in [0.4, 0.5) is 0 Å². The highest BCUT2D eigenvalue weighted by atomic mass is 16.5. The zero-order valence-corrected chi connectivity index (χ0v) is 10.6. The van der Waals surface area contributed by atoms with Crippen molar-refractivity contribution < 1.29 is 4.74 Å². The molecule has 0 aromatic heterocycles. The number of nitrogens with two attached hydrogens (primary N) is 1. The maximum absolute atomic E-state index is 5.60. The molecule has 2 N–H and O–H groups in total. The van der Waals surface area contributed by atoms with Gasteiger partial charge < -0.3 is 10.5 Å². The third-order valence-corrected chi connectivity index (χ3v) is 2.62. The minimum Gasteiger partial charge on any atom is -0.491 e. The fraction of sp³-hybridized carbons (Fsp3) is 0.571. The zero-order chi connectivity index (χ0) is 12.0. The van der Waals surface area contributed by atoms with Crippen molar-refractivity contribution in [3.63, 3.8) is 0 Å². The van der Waals surface area contributed by atoms with Crippen molar-refractivity contribution in [3.8, 4) is 5.75 Å². The van der Waals surface area contributed by atoms with Crippen molar-refractivity contribution in [2.24, 2.45) is 11.7 Å². The molecule has 1 unspecified atom stereocenters. The van der Waals surface area contributed by atoms with Crippen LogP contribution in [0.5, 0.6) is 5.75 Å². The van der Waals surface area contributed by atoms with Crippen molar-refractivity contribution in [3.05, 3.63) is 29.8 Å². The van der Waals surface area contributed by atoms with Crippen LogP contribution in [0, 0.1) is 5.92 Å². The predicted octanol–water partition coefficient (Wildman–Crippen LogP) is 3.00. The second kappa shape index (κ2) is 6.54. The largest absolute Gasteiger partial charge is 0.491 e. The first-order chi connectivity index (χ1) is 7.61. The van der Waals surface area contributed by atoms with Gasteiger partial charge in [-0.25, -0.2) is 0 Å². The number of aryl methyl sites for hydroxylation is 1. The van der Waals surface area contributed by atoms with E-state index in [0.29, 0.717) is 5.92 Å². The molecule has 90 valence electrons. The summed E-state index contributed by atoms with van der Waals surface area (Å²) in [6, 6.07) is 8.37. The van der Waals surface area contributed by atoms with Gasteiger partial charge >= 0.3 is 0 Å². The smallest absolute Gasteiger partial charge is 0.119 e. The molecular formula is C14H23NO. The topological polar surface area (TPSA) is 35.2 Å². The highest BCUT2D eigenvalue weighted by Gasteiger charge is 2.01. The normalized spacial score (nSPS) is 12.8. The molecule has 2 heteroatoms. The van der Waals surface area contributed by atoms with Crippen LogP contribution in [0.15, 0.2) is 24.3 Å². The van der Waals surface area contributed by atoms with E-state index in [0.717, 1.165) is 25.1 Å². The van der Waals surface area contributed by atoms with Crippen molar-refractivity contribution in [1.82, 2.24) is 0 Å². The van der Waals surface area contributed by atoms with E-state index in [9.17, 15) is 0 Å². The van der Waals surface area contributed by atoms with Gasteiger partial charge in [-0.05, 0) is 56.8 Å². The monoisotopic (exact) mass is 221 g/mol. The average molecular weight is 221 g/mol. The molecule has 1 rings (SSSR count). The molecule has 2 nitrogen and oxygen atoms in total. The van der Waals surface area contributed by atoms with Crippen LogP contribution in [0.1, 0.15) is 32.8 Å². The van der Waals surface area contributed by atoms with Crippen LogP contribution in [0.2, 0.25) is 0 Å². The lowest BCUT2D eigenvalue weighted by molar-refractivity contribution is 0.242. The molecule has 0 aliphatic heterocycles. The molecule has 0 fully saturated rings. The number of hydrogen-bond donors (Lipinski definition) is 1. The van der Waals surface area contributed by atoms with Crippen molar-refractivity contribution in [1.29, 1.82) is 0 Å². The van der Waals surface area contributed by atoms with E-state index in [2.05, 4.69) is 19.1 Å². The van der Waals surface area contributed by atoms with Gasteiger partial charge in [0.2, 0.25) is 0 Å². The van der Waals surface area contributed by atoms with Crippen LogP contribution < -0.4 is 10.5 Å². The van der Waals surface area contributed by atoms with Gasteiger partial charge in [0, 0.05) is 0 Å². The first-order valence-electron chi connectivity index (χ1n) is 6.07. The van der Waals surface area contributed by atoms with E-state index < -0.39 is 0 Å². The van der Waals surface area contributed by atoms with E-state index in [1.165, 1.54) is 5.56 Å². The Morgan fingerprint density at radius 1 is 1.12 bits per heavy atom. The summed E-state index contributed by atoms with van der Waals surface area (Å²) < 4.78 is 5.60. The highest BCUT2D eigenvalue weighted by Crippen LogP contribution is 2.16. The van der Waals surface area contributed by atoms with Gasteiger partial charge in [0.05, 0.1) is 6.10 Å². The molecule has 0 saturated heterocycles. The molecule has 0 aliphatic carbocycles. The number of rotatable bonds is 6. The molecular weight excluding hydrogens is 198 g/mol. The summed E-state index contributed by atoms with van der Waals surface area (Å²) in [5.74, 6) is 1.55. The second-order valence-electron chi connectivity index (χ2n) is 4.69. The maximum Gasteiger partial charge on any atom is 0.119 e. The maximum atomic E-state index is 5.60. The molecule has 0 radical (unpaired) electrons. The SMILES string of the molecule is CC(CN)CCc1ccc(OC(C)C)cc1. The Hall–Kier alpha value is -1.02. The van der Waals surface area contributed by atoms with Gasteiger partial charge in [-0.15, -0.1) is 0 Å². The lowest BCUT2D eigenvalue weighted by atomic mass is 10.0. The Morgan fingerprint density at radius 3 is 2.25 bits per heavy atom. The van der Waals surface area contributed by atoms with Gasteiger partial charge in [0.25, 0.3) is 0 Å². The Labute approximate surface area is 98.8 Å². The minimum atomic E-state index is 0.239. The Kier molecular flexibility index (Phi) is 5.33. The number of benzene rings is 1. The van der Waals surface area contributed by atoms with Gasteiger partial charge in [-0.1, -0.05) is 19.1 Å². The van der Waals surface area contributed by atoms with Gasteiger partial charge in [0.1, 0.15) is 5.75 Å². The van der Waals surface area contributed by atoms with E-state index in [1.807, 2.05) is 26.0 Å². The summed E-state index contributed by atoms with van der Waals surface area (Å²) in [4.78, 5) is 0. The predicted molar refractivity (Wildman–Crippen MR) is 68.7 cm³/mol. The molecule has 0 heterocycles. The third kappa shape index (κ3) is 4.67. The molecule has 0 amide bonds. The molecule has 0 spiro atoms. The van der Waals surface area contributed by atoms with Crippen LogP contribution in [-0.4, -0.2) is 12.6 Å². The minimum absolute atomic E-state index is 0.239. The quantitative estimate of drug-likeness (QED) is 0.801. The summed E-state index contributed by atoms with van der Waals surface area (Å²) in [7, 11) is 0. The molecule has 0 aliphatic rings. The van der Waals surface area contributed by atoms with E-state index in [1.54, 1.807) is 0 Å². The fourth-order valence-electron chi connectivity index (χ4n) is 1.54. The standard InChI is InChI=1S/C14H23NO/c1-11(2)16-14-8-6-13(7-9-14)5-4-12(3)10-15/h6-9,11-12H,4-5,10,15H2,1-3H3. The molecule has 0 bridgehead atoms. The van der Waals surface area contributed by atoms with E-state index >= 15 is 0 Å². The summed E-state index contributed by atoms with van der Waals surface area (Å²) >= 11 is 0. The number of hydrogen-bond acceptors (Lipinski definition) is 2. The molecule has 1 aromatic rings. The Balaban J connectivity index is 2.45. The first kappa shape index (κ1) is 13.0. The van der Waals surface area contributed by atoms with E-state index in [4.69, 9.17) is 10.5 Å². The second-order valence-corrected chi connectivity index (χ2v) is 4.69. The van der Waals surface area contributed by atoms with Crippen LogP contribution in [0.25, 0.3) is 0 Å². The van der Waals surface area contributed by atoms with Crippen LogP contribution >= 0.6 is 0 Å². The summed E-state index contributed by atoms with van der Waals surface area (Å²) in [6.07, 6.45) is 2.49. The third-order valence-electron chi connectivity index (χ3n) is 2.62. The van der Waals surface area contributed by atoms with Crippen LogP contribution in [0.3, 0.4) is 0 Å². The van der Waals surface area contributed by atoms with E-state index in [-0.39, 0.29) is 6.10 Å². The molecule has 1 atom stereocenters. The van der Waals surface area contributed by atoms with Crippen molar-refractivity contribution in [2.75, 3.05) is 6.54 Å². The Morgan fingerprint density at radius 2 is 1.75 bits per heavy atom. The van der Waals surface area contributed by atoms with Gasteiger partial charge in [0.15, 0.2) is 0 Å².